The van der Waals surface area contributed by atoms with Gasteiger partial charge in [0, 0.05) is 28.0 Å². The standard InChI is InChI=1S/C28H29BrCl2N2O3/c1-28(2,3)32-27(35)24(15-19-7-5-4-6-8-19)33(17-20-9-11-21(29)12-10-20)26(34)18-36-25-14-13-22(30)16-23(25)31/h4-14,16,24H,15,17-18H2,1-3H3,(H,32,35). The molecule has 0 aliphatic rings. The summed E-state index contributed by atoms with van der Waals surface area (Å²) < 4.78 is 6.68. The lowest BCUT2D eigenvalue weighted by Crippen LogP contribution is -2.55. The second-order valence-electron chi connectivity index (χ2n) is 9.46. The van der Waals surface area contributed by atoms with Crippen molar-refractivity contribution in [2.45, 2.75) is 45.3 Å². The van der Waals surface area contributed by atoms with Crippen molar-refractivity contribution >= 4 is 50.9 Å². The van der Waals surface area contributed by atoms with Crippen molar-refractivity contribution in [1.29, 1.82) is 0 Å². The lowest BCUT2D eigenvalue weighted by Gasteiger charge is -2.33. The summed E-state index contributed by atoms with van der Waals surface area (Å²) >= 11 is 15.6. The molecule has 0 heterocycles. The number of hydrogen-bond donors (Lipinski definition) is 1. The summed E-state index contributed by atoms with van der Waals surface area (Å²) in [5.41, 5.74) is 1.37. The minimum Gasteiger partial charge on any atom is -0.482 e. The molecule has 0 saturated carbocycles. The fourth-order valence-electron chi connectivity index (χ4n) is 3.61. The average Bonchev–Trinajstić information content (AvgIpc) is 2.81. The Morgan fingerprint density at radius 2 is 1.64 bits per heavy atom. The van der Waals surface area contributed by atoms with Crippen LogP contribution in [0.3, 0.4) is 0 Å². The van der Waals surface area contributed by atoms with Crippen molar-refractivity contribution in [2.75, 3.05) is 6.61 Å². The van der Waals surface area contributed by atoms with Crippen LogP contribution in [0.1, 0.15) is 31.9 Å². The lowest BCUT2D eigenvalue weighted by atomic mass is 10.0. The number of amides is 2. The molecule has 1 unspecified atom stereocenters. The zero-order valence-corrected chi connectivity index (χ0v) is 23.5. The van der Waals surface area contributed by atoms with Gasteiger partial charge in [0.15, 0.2) is 6.61 Å². The third-order valence-corrected chi connectivity index (χ3v) is 6.34. The first-order valence-electron chi connectivity index (χ1n) is 11.5. The molecule has 3 aromatic carbocycles. The number of rotatable bonds is 9. The Balaban J connectivity index is 1.93. The van der Waals surface area contributed by atoms with Crippen molar-refractivity contribution in [3.05, 3.63) is 98.4 Å². The molecule has 3 rings (SSSR count). The highest BCUT2D eigenvalue weighted by Gasteiger charge is 2.32. The molecule has 0 saturated heterocycles. The molecule has 1 N–H and O–H groups in total. The molecule has 1 atom stereocenters. The first kappa shape index (κ1) is 28.0. The molecule has 0 aromatic heterocycles. The van der Waals surface area contributed by atoms with Crippen LogP contribution < -0.4 is 10.1 Å². The van der Waals surface area contributed by atoms with E-state index in [2.05, 4.69) is 21.2 Å². The van der Waals surface area contributed by atoms with Crippen LogP contribution in [-0.4, -0.2) is 34.9 Å². The van der Waals surface area contributed by atoms with Gasteiger partial charge in [-0.15, -0.1) is 0 Å². The van der Waals surface area contributed by atoms with E-state index in [0.29, 0.717) is 22.2 Å². The Morgan fingerprint density at radius 1 is 0.972 bits per heavy atom. The number of ether oxygens (including phenoxy) is 1. The van der Waals surface area contributed by atoms with Gasteiger partial charge in [0.05, 0.1) is 5.02 Å². The predicted molar refractivity (Wildman–Crippen MR) is 148 cm³/mol. The van der Waals surface area contributed by atoms with Gasteiger partial charge < -0.3 is 15.0 Å². The molecule has 36 heavy (non-hydrogen) atoms. The highest BCUT2D eigenvalue weighted by atomic mass is 79.9. The van der Waals surface area contributed by atoms with E-state index in [-0.39, 0.29) is 25.0 Å². The highest BCUT2D eigenvalue weighted by molar-refractivity contribution is 9.10. The van der Waals surface area contributed by atoms with Crippen LogP contribution in [0.5, 0.6) is 5.75 Å². The third kappa shape index (κ3) is 8.54. The Labute approximate surface area is 230 Å². The van der Waals surface area contributed by atoms with E-state index < -0.39 is 11.6 Å². The SMILES string of the molecule is CC(C)(C)NC(=O)C(Cc1ccccc1)N(Cc1ccc(Br)cc1)C(=O)COc1ccc(Cl)cc1Cl. The van der Waals surface area contributed by atoms with Crippen LogP contribution in [0, 0.1) is 0 Å². The van der Waals surface area contributed by atoms with Gasteiger partial charge in [0.25, 0.3) is 5.91 Å². The molecule has 0 aliphatic heterocycles. The Bertz CT molecular complexity index is 1180. The van der Waals surface area contributed by atoms with Crippen molar-refractivity contribution in [1.82, 2.24) is 10.2 Å². The summed E-state index contributed by atoms with van der Waals surface area (Å²) in [5.74, 6) is -0.230. The molecular weight excluding hydrogens is 563 g/mol. The fourth-order valence-corrected chi connectivity index (χ4v) is 4.34. The minimum atomic E-state index is -0.757. The van der Waals surface area contributed by atoms with Crippen molar-refractivity contribution in [3.63, 3.8) is 0 Å². The van der Waals surface area contributed by atoms with Crippen LogP contribution in [0.15, 0.2) is 77.3 Å². The van der Waals surface area contributed by atoms with E-state index in [0.717, 1.165) is 15.6 Å². The van der Waals surface area contributed by atoms with Gasteiger partial charge in [0.2, 0.25) is 5.91 Å². The topological polar surface area (TPSA) is 58.6 Å². The van der Waals surface area contributed by atoms with E-state index in [9.17, 15) is 9.59 Å². The average molecular weight is 592 g/mol. The van der Waals surface area contributed by atoms with Gasteiger partial charge in [0.1, 0.15) is 11.8 Å². The fraction of sp³-hybridized carbons (Fsp3) is 0.286. The van der Waals surface area contributed by atoms with Crippen LogP contribution >= 0.6 is 39.1 Å². The Kier molecular flexibility index (Phi) is 9.83. The first-order chi connectivity index (χ1) is 17.0. The molecule has 3 aromatic rings. The second-order valence-corrected chi connectivity index (χ2v) is 11.2. The number of carbonyl (C=O) groups is 2. The van der Waals surface area contributed by atoms with Gasteiger partial charge in [-0.1, -0.05) is 81.6 Å². The molecule has 0 aliphatic carbocycles. The minimum absolute atomic E-state index is 0.235. The van der Waals surface area contributed by atoms with Gasteiger partial charge in [-0.2, -0.15) is 0 Å². The van der Waals surface area contributed by atoms with Crippen molar-refractivity contribution in [3.8, 4) is 5.75 Å². The van der Waals surface area contributed by atoms with E-state index in [1.807, 2.05) is 75.4 Å². The number of halogens is 3. The monoisotopic (exact) mass is 590 g/mol. The van der Waals surface area contributed by atoms with Crippen LogP contribution in [0.25, 0.3) is 0 Å². The zero-order valence-electron chi connectivity index (χ0n) is 20.4. The van der Waals surface area contributed by atoms with E-state index in [1.165, 1.54) is 0 Å². The Hall–Kier alpha value is -2.54. The normalized spacial score (nSPS) is 12.1. The number of hydrogen-bond acceptors (Lipinski definition) is 3. The predicted octanol–water partition coefficient (Wildman–Crippen LogP) is 6.69. The summed E-state index contributed by atoms with van der Waals surface area (Å²) in [6.07, 6.45) is 0.354. The van der Waals surface area contributed by atoms with E-state index in [1.54, 1.807) is 23.1 Å². The highest BCUT2D eigenvalue weighted by Crippen LogP contribution is 2.28. The Morgan fingerprint density at radius 3 is 2.25 bits per heavy atom. The van der Waals surface area contributed by atoms with Crippen LogP contribution in [-0.2, 0) is 22.6 Å². The van der Waals surface area contributed by atoms with Crippen LogP contribution in [0.2, 0.25) is 10.0 Å². The van der Waals surface area contributed by atoms with Gasteiger partial charge in [-0.3, -0.25) is 9.59 Å². The first-order valence-corrected chi connectivity index (χ1v) is 13.0. The number of benzene rings is 3. The maximum absolute atomic E-state index is 13.6. The third-order valence-electron chi connectivity index (χ3n) is 5.28. The van der Waals surface area contributed by atoms with Crippen LogP contribution in [0.4, 0.5) is 0 Å². The number of nitrogens with zero attached hydrogens (tertiary/aromatic N) is 1. The smallest absolute Gasteiger partial charge is 0.261 e. The van der Waals surface area contributed by atoms with E-state index >= 15 is 0 Å². The number of carbonyl (C=O) groups excluding carboxylic acids is 2. The summed E-state index contributed by atoms with van der Waals surface area (Å²) in [7, 11) is 0. The molecular formula is C28H29BrCl2N2O3. The number of nitrogens with one attached hydrogen (secondary N) is 1. The van der Waals surface area contributed by atoms with Gasteiger partial charge >= 0.3 is 0 Å². The van der Waals surface area contributed by atoms with Crippen molar-refractivity contribution in [2.24, 2.45) is 0 Å². The summed E-state index contributed by atoms with van der Waals surface area (Å²) in [6, 6.07) is 21.4. The maximum atomic E-state index is 13.6. The maximum Gasteiger partial charge on any atom is 0.261 e. The quantitative estimate of drug-likeness (QED) is 0.302. The molecule has 5 nitrogen and oxygen atoms in total. The molecule has 0 spiro atoms. The van der Waals surface area contributed by atoms with Gasteiger partial charge in [-0.25, -0.2) is 0 Å². The molecule has 0 radical (unpaired) electrons. The lowest BCUT2D eigenvalue weighted by molar-refractivity contribution is -0.143. The summed E-state index contributed by atoms with van der Waals surface area (Å²) in [5, 5.41) is 3.82. The summed E-state index contributed by atoms with van der Waals surface area (Å²) in [6.45, 7) is 5.69. The zero-order chi connectivity index (χ0) is 26.3. The molecule has 2 amide bonds. The molecule has 0 fully saturated rings. The molecule has 8 heteroatoms. The molecule has 0 bridgehead atoms. The second kappa shape index (κ2) is 12.6. The molecule has 190 valence electrons. The van der Waals surface area contributed by atoms with Gasteiger partial charge in [-0.05, 0) is 62.2 Å². The van der Waals surface area contributed by atoms with E-state index in [4.69, 9.17) is 27.9 Å². The van der Waals surface area contributed by atoms with Crippen molar-refractivity contribution < 1.29 is 14.3 Å². The largest absolute Gasteiger partial charge is 0.482 e. The summed E-state index contributed by atoms with van der Waals surface area (Å²) in [4.78, 5) is 28.7.